The summed E-state index contributed by atoms with van der Waals surface area (Å²) in [5.41, 5.74) is 1.73. The van der Waals surface area contributed by atoms with Crippen molar-refractivity contribution in [2.45, 2.75) is 31.6 Å². The van der Waals surface area contributed by atoms with E-state index in [1.165, 1.54) is 11.3 Å². The first kappa shape index (κ1) is 23.1. The molecule has 2 aliphatic rings. The van der Waals surface area contributed by atoms with E-state index in [-0.39, 0.29) is 24.5 Å². The molecule has 0 saturated carbocycles. The van der Waals surface area contributed by atoms with Gasteiger partial charge in [0.25, 0.3) is 5.91 Å². The number of ether oxygens (including phenoxy) is 3. The van der Waals surface area contributed by atoms with Gasteiger partial charge in [-0.15, -0.1) is 10.2 Å². The number of benzene rings is 2. The summed E-state index contributed by atoms with van der Waals surface area (Å²) in [7, 11) is 1.64. The maximum atomic E-state index is 12.7. The van der Waals surface area contributed by atoms with Gasteiger partial charge in [0.2, 0.25) is 17.7 Å². The number of aromatic nitrogens is 2. The molecule has 0 bridgehead atoms. The molecule has 0 unspecified atom stereocenters. The van der Waals surface area contributed by atoms with Crippen LogP contribution in [0.4, 0.5) is 5.69 Å². The van der Waals surface area contributed by atoms with Crippen molar-refractivity contribution in [1.29, 1.82) is 0 Å². The first-order valence-electron chi connectivity index (χ1n) is 11.5. The number of amides is 2. The Hall–Kier alpha value is -3.66. The van der Waals surface area contributed by atoms with Crippen LogP contribution in [0, 0.1) is 0 Å². The standard InChI is InChI=1S/C25H26N4O5S/c1-32-19-6-2-16(3-7-19)4-9-22(30)29-12-10-17(11-13-29)24-27-28-25(35-24)23(31)26-18-5-8-20-21(14-18)34-15-33-20/h2-3,5-8,14,17H,4,9-13,15H2,1H3,(H,26,31). The first-order valence-corrected chi connectivity index (χ1v) is 12.4. The van der Waals surface area contributed by atoms with E-state index in [0.29, 0.717) is 48.1 Å². The fraction of sp³-hybridized carbons (Fsp3) is 0.360. The number of hydrogen-bond donors (Lipinski definition) is 1. The summed E-state index contributed by atoms with van der Waals surface area (Å²) in [5, 5.41) is 12.4. The monoisotopic (exact) mass is 494 g/mol. The van der Waals surface area contributed by atoms with Crippen molar-refractivity contribution in [3.63, 3.8) is 0 Å². The Morgan fingerprint density at radius 2 is 1.86 bits per heavy atom. The second-order valence-corrected chi connectivity index (χ2v) is 9.48. The smallest absolute Gasteiger partial charge is 0.286 e. The zero-order valence-corrected chi connectivity index (χ0v) is 20.2. The van der Waals surface area contributed by atoms with Gasteiger partial charge in [-0.3, -0.25) is 9.59 Å². The van der Waals surface area contributed by atoms with E-state index in [2.05, 4.69) is 15.5 Å². The highest BCUT2D eigenvalue weighted by atomic mass is 32.1. The second kappa shape index (κ2) is 10.3. The maximum absolute atomic E-state index is 12.7. The zero-order valence-electron chi connectivity index (χ0n) is 19.4. The Morgan fingerprint density at radius 1 is 1.09 bits per heavy atom. The van der Waals surface area contributed by atoms with Crippen LogP contribution in [0.5, 0.6) is 17.2 Å². The number of hydrogen-bond acceptors (Lipinski definition) is 8. The number of likely N-dealkylation sites (tertiary alicyclic amines) is 1. The Bertz CT molecular complexity index is 1200. The van der Waals surface area contributed by atoms with Gasteiger partial charge in [0.05, 0.1) is 7.11 Å². The summed E-state index contributed by atoms with van der Waals surface area (Å²) in [6.07, 6.45) is 2.82. The number of nitrogens with one attached hydrogen (secondary N) is 1. The van der Waals surface area contributed by atoms with Gasteiger partial charge < -0.3 is 24.4 Å². The summed E-state index contributed by atoms with van der Waals surface area (Å²) in [5.74, 6) is 2.13. The number of nitrogens with zero attached hydrogens (tertiary/aromatic N) is 3. The Morgan fingerprint density at radius 3 is 2.63 bits per heavy atom. The van der Waals surface area contributed by atoms with Crippen molar-refractivity contribution in [3.8, 4) is 17.2 Å². The van der Waals surface area contributed by atoms with Crippen molar-refractivity contribution in [2.75, 3.05) is 32.3 Å². The van der Waals surface area contributed by atoms with Crippen LogP contribution in [0.2, 0.25) is 0 Å². The van der Waals surface area contributed by atoms with Gasteiger partial charge in [-0.25, -0.2) is 0 Å². The van der Waals surface area contributed by atoms with E-state index in [4.69, 9.17) is 14.2 Å². The minimum Gasteiger partial charge on any atom is -0.497 e. The van der Waals surface area contributed by atoms with Crippen molar-refractivity contribution in [1.82, 2.24) is 15.1 Å². The molecule has 2 aromatic carbocycles. The Kier molecular flexibility index (Phi) is 6.80. The molecule has 10 heteroatoms. The number of fused-ring (bicyclic) bond motifs is 1. The first-order chi connectivity index (χ1) is 17.1. The molecular formula is C25H26N4O5S. The topological polar surface area (TPSA) is 103 Å². The SMILES string of the molecule is COc1ccc(CCC(=O)N2CCC(c3nnc(C(=O)Nc4ccc5c(c4)OCO5)s3)CC2)cc1. The summed E-state index contributed by atoms with van der Waals surface area (Å²) in [6, 6.07) is 13.1. The Labute approximate surface area is 207 Å². The molecule has 2 amide bonds. The normalized spacial score (nSPS) is 15.2. The molecule has 5 rings (SSSR count). The van der Waals surface area contributed by atoms with Crippen molar-refractivity contribution < 1.29 is 23.8 Å². The van der Waals surface area contributed by atoms with E-state index in [9.17, 15) is 9.59 Å². The zero-order chi connectivity index (χ0) is 24.2. The summed E-state index contributed by atoms with van der Waals surface area (Å²) < 4.78 is 15.8. The lowest BCUT2D eigenvalue weighted by atomic mass is 9.97. The number of aryl methyl sites for hydroxylation is 1. The molecule has 9 nitrogen and oxygen atoms in total. The van der Waals surface area contributed by atoms with Crippen molar-refractivity contribution in [2.24, 2.45) is 0 Å². The molecule has 2 aliphatic heterocycles. The van der Waals surface area contributed by atoms with E-state index in [1.54, 1.807) is 25.3 Å². The number of rotatable bonds is 7. The summed E-state index contributed by atoms with van der Waals surface area (Å²) in [6.45, 7) is 1.55. The van der Waals surface area contributed by atoms with Gasteiger partial charge in [0, 0.05) is 37.2 Å². The largest absolute Gasteiger partial charge is 0.497 e. The molecule has 1 aromatic heterocycles. The Balaban J connectivity index is 1.10. The number of anilines is 1. The molecule has 1 saturated heterocycles. The van der Waals surface area contributed by atoms with E-state index in [0.717, 1.165) is 29.2 Å². The van der Waals surface area contributed by atoms with Crippen molar-refractivity contribution in [3.05, 3.63) is 58.0 Å². The van der Waals surface area contributed by atoms with Gasteiger partial charge in [-0.1, -0.05) is 23.5 Å². The highest BCUT2D eigenvalue weighted by Gasteiger charge is 2.27. The van der Waals surface area contributed by atoms with Gasteiger partial charge in [0.15, 0.2) is 11.5 Å². The lowest BCUT2D eigenvalue weighted by Crippen LogP contribution is -2.38. The minimum absolute atomic E-state index is 0.167. The molecule has 0 spiro atoms. The molecule has 3 heterocycles. The van der Waals surface area contributed by atoms with Crippen LogP contribution in [0.25, 0.3) is 0 Å². The third kappa shape index (κ3) is 5.37. The van der Waals surface area contributed by atoms with Crippen LogP contribution in [0.3, 0.4) is 0 Å². The van der Waals surface area contributed by atoms with Gasteiger partial charge in [-0.2, -0.15) is 0 Å². The fourth-order valence-electron chi connectivity index (χ4n) is 4.23. The lowest BCUT2D eigenvalue weighted by molar-refractivity contribution is -0.132. The predicted octanol–water partition coefficient (Wildman–Crippen LogP) is 3.87. The van der Waals surface area contributed by atoms with Crippen LogP contribution in [0.15, 0.2) is 42.5 Å². The number of carbonyl (C=O) groups is 2. The van der Waals surface area contributed by atoms with E-state index in [1.807, 2.05) is 29.2 Å². The molecule has 0 radical (unpaired) electrons. The molecule has 35 heavy (non-hydrogen) atoms. The predicted molar refractivity (Wildman–Crippen MR) is 130 cm³/mol. The second-order valence-electron chi connectivity index (χ2n) is 8.47. The van der Waals surface area contributed by atoms with E-state index >= 15 is 0 Å². The third-order valence-corrected chi connectivity index (χ3v) is 7.33. The van der Waals surface area contributed by atoms with Crippen LogP contribution in [-0.2, 0) is 11.2 Å². The summed E-state index contributed by atoms with van der Waals surface area (Å²) >= 11 is 1.31. The number of methoxy groups -OCH3 is 1. The molecule has 0 atom stereocenters. The fourth-order valence-corrected chi connectivity index (χ4v) is 5.14. The number of carbonyl (C=O) groups excluding carboxylic acids is 2. The van der Waals surface area contributed by atoms with Crippen LogP contribution in [-0.4, -0.2) is 53.9 Å². The molecular weight excluding hydrogens is 468 g/mol. The lowest BCUT2D eigenvalue weighted by Gasteiger charge is -2.31. The minimum atomic E-state index is -0.307. The van der Waals surface area contributed by atoms with Gasteiger partial charge >= 0.3 is 0 Å². The van der Waals surface area contributed by atoms with Crippen LogP contribution in [0.1, 0.15) is 45.6 Å². The van der Waals surface area contributed by atoms with Crippen molar-refractivity contribution >= 4 is 28.8 Å². The maximum Gasteiger partial charge on any atom is 0.286 e. The van der Waals surface area contributed by atoms with Crippen LogP contribution >= 0.6 is 11.3 Å². The molecule has 1 fully saturated rings. The highest BCUT2D eigenvalue weighted by Crippen LogP contribution is 2.35. The third-order valence-electron chi connectivity index (χ3n) is 6.25. The molecule has 0 aliphatic carbocycles. The van der Waals surface area contributed by atoms with Gasteiger partial charge in [0.1, 0.15) is 10.8 Å². The van der Waals surface area contributed by atoms with Crippen LogP contribution < -0.4 is 19.5 Å². The molecule has 1 N–H and O–H groups in total. The molecule has 182 valence electrons. The quantitative estimate of drug-likeness (QED) is 0.532. The highest BCUT2D eigenvalue weighted by molar-refractivity contribution is 7.13. The molecule has 3 aromatic rings. The van der Waals surface area contributed by atoms with E-state index < -0.39 is 0 Å². The average Bonchev–Trinajstić information content (AvgIpc) is 3.57. The average molecular weight is 495 g/mol. The van der Waals surface area contributed by atoms with Gasteiger partial charge in [-0.05, 0) is 49.1 Å². The summed E-state index contributed by atoms with van der Waals surface area (Å²) in [4.78, 5) is 27.2. The number of piperidine rings is 1.